The van der Waals surface area contributed by atoms with Crippen LogP contribution in [0.25, 0.3) is 11.4 Å². The number of thioether (sulfide) groups is 1. The van der Waals surface area contributed by atoms with Crippen molar-refractivity contribution in [3.8, 4) is 11.4 Å². The Labute approximate surface area is 192 Å². The van der Waals surface area contributed by atoms with Gasteiger partial charge in [-0.05, 0) is 68.5 Å². The summed E-state index contributed by atoms with van der Waals surface area (Å²) in [5.41, 5.74) is 3.52. The normalized spacial score (nSPS) is 14.4. The molecule has 0 N–H and O–H groups in total. The number of thiophene rings is 1. The molecule has 164 valence electrons. The highest BCUT2D eigenvalue weighted by atomic mass is 32.2. The minimum Gasteiger partial charge on any atom is -0.372 e. The van der Waals surface area contributed by atoms with Crippen LogP contribution in [0.3, 0.4) is 0 Å². The predicted octanol–water partition coefficient (Wildman–Crippen LogP) is 4.46. The van der Waals surface area contributed by atoms with E-state index in [2.05, 4.69) is 64.7 Å². The molecule has 1 unspecified atom stereocenters. The Balaban J connectivity index is 1.44. The van der Waals surface area contributed by atoms with Crippen LogP contribution in [-0.2, 0) is 24.8 Å². The van der Waals surface area contributed by atoms with Crippen LogP contribution in [-0.4, -0.2) is 50.5 Å². The average Bonchev–Trinajstić information content (AvgIpc) is 3.41. The standard InChI is InChI=1S/C23H29N5OS2/c1-5-27(6-2)19-9-7-17(8-10-19)21-24-25-23(26(21)4)31-16(3)22(29)28-13-11-20-18(15-28)12-14-30-20/h7-10,12,14,16H,5-6,11,13,15H2,1-4H3. The number of fused-ring (bicyclic) bond motifs is 1. The predicted molar refractivity (Wildman–Crippen MR) is 129 cm³/mol. The highest BCUT2D eigenvalue weighted by Gasteiger charge is 2.27. The first-order valence-corrected chi connectivity index (χ1v) is 12.5. The van der Waals surface area contributed by atoms with Gasteiger partial charge in [-0.1, -0.05) is 11.8 Å². The van der Waals surface area contributed by atoms with Gasteiger partial charge in [0.1, 0.15) is 0 Å². The molecule has 0 bridgehead atoms. The second-order valence-electron chi connectivity index (χ2n) is 7.72. The van der Waals surface area contributed by atoms with Crippen LogP contribution in [0, 0.1) is 0 Å². The number of nitrogens with zero attached hydrogens (tertiary/aromatic N) is 5. The Morgan fingerprint density at radius 2 is 1.94 bits per heavy atom. The number of carbonyl (C=O) groups is 1. The molecule has 6 nitrogen and oxygen atoms in total. The third kappa shape index (κ3) is 4.50. The Kier molecular flexibility index (Phi) is 6.67. The molecule has 3 aromatic rings. The van der Waals surface area contributed by atoms with Crippen molar-refractivity contribution in [2.45, 2.75) is 44.1 Å². The first kappa shape index (κ1) is 21.9. The van der Waals surface area contributed by atoms with E-state index in [-0.39, 0.29) is 11.2 Å². The van der Waals surface area contributed by atoms with Gasteiger partial charge in [0.05, 0.1) is 5.25 Å². The monoisotopic (exact) mass is 455 g/mol. The van der Waals surface area contributed by atoms with E-state index in [0.29, 0.717) is 6.54 Å². The topological polar surface area (TPSA) is 54.3 Å². The molecule has 0 aliphatic carbocycles. The second-order valence-corrected chi connectivity index (χ2v) is 10.0. The number of hydrogen-bond donors (Lipinski definition) is 0. The number of amides is 1. The van der Waals surface area contributed by atoms with E-state index in [1.807, 2.05) is 23.4 Å². The van der Waals surface area contributed by atoms with Crippen molar-refractivity contribution in [1.82, 2.24) is 19.7 Å². The molecule has 0 saturated heterocycles. The lowest BCUT2D eigenvalue weighted by Gasteiger charge is -2.29. The fourth-order valence-electron chi connectivity index (χ4n) is 3.98. The molecular formula is C23H29N5OS2. The Bertz CT molecular complexity index is 1040. The fourth-order valence-corrected chi connectivity index (χ4v) is 5.77. The number of hydrogen-bond acceptors (Lipinski definition) is 6. The first-order chi connectivity index (χ1) is 15.0. The average molecular weight is 456 g/mol. The van der Waals surface area contributed by atoms with Gasteiger partial charge < -0.3 is 14.4 Å². The molecule has 0 spiro atoms. The summed E-state index contributed by atoms with van der Waals surface area (Å²) in [6.45, 7) is 9.76. The fraction of sp³-hybridized carbons (Fsp3) is 0.435. The van der Waals surface area contributed by atoms with Crippen molar-refractivity contribution < 1.29 is 4.79 Å². The molecule has 31 heavy (non-hydrogen) atoms. The highest BCUT2D eigenvalue weighted by Crippen LogP contribution is 2.30. The van der Waals surface area contributed by atoms with E-state index in [0.717, 1.165) is 42.6 Å². The number of anilines is 1. The van der Waals surface area contributed by atoms with Crippen molar-refractivity contribution in [3.63, 3.8) is 0 Å². The molecule has 1 atom stereocenters. The van der Waals surface area contributed by atoms with E-state index in [9.17, 15) is 4.79 Å². The van der Waals surface area contributed by atoms with Gasteiger partial charge in [-0.3, -0.25) is 4.79 Å². The molecule has 2 aromatic heterocycles. The lowest BCUT2D eigenvalue weighted by atomic mass is 10.1. The highest BCUT2D eigenvalue weighted by molar-refractivity contribution is 8.00. The molecule has 1 aromatic carbocycles. The Hall–Kier alpha value is -2.32. The van der Waals surface area contributed by atoms with Gasteiger partial charge in [0.2, 0.25) is 5.91 Å². The summed E-state index contributed by atoms with van der Waals surface area (Å²) in [5, 5.41) is 11.4. The number of rotatable bonds is 7. The zero-order valence-electron chi connectivity index (χ0n) is 18.5. The molecule has 4 rings (SSSR count). The van der Waals surface area contributed by atoms with Crippen molar-refractivity contribution in [2.24, 2.45) is 7.05 Å². The minimum absolute atomic E-state index is 0.162. The molecule has 0 saturated carbocycles. The Morgan fingerprint density at radius 1 is 1.19 bits per heavy atom. The molecule has 1 amide bonds. The maximum Gasteiger partial charge on any atom is 0.236 e. The Morgan fingerprint density at radius 3 is 2.65 bits per heavy atom. The van der Waals surface area contributed by atoms with Crippen LogP contribution in [0.4, 0.5) is 5.69 Å². The van der Waals surface area contributed by atoms with Gasteiger partial charge in [0.25, 0.3) is 0 Å². The molecule has 0 fully saturated rings. The lowest BCUT2D eigenvalue weighted by molar-refractivity contribution is -0.131. The van der Waals surface area contributed by atoms with Gasteiger partial charge in [0, 0.05) is 49.4 Å². The van der Waals surface area contributed by atoms with Crippen molar-refractivity contribution >= 4 is 34.7 Å². The quantitative estimate of drug-likeness (QED) is 0.493. The molecule has 0 radical (unpaired) electrons. The van der Waals surface area contributed by atoms with E-state index in [1.165, 1.54) is 27.9 Å². The van der Waals surface area contributed by atoms with Gasteiger partial charge in [0.15, 0.2) is 11.0 Å². The van der Waals surface area contributed by atoms with E-state index < -0.39 is 0 Å². The largest absolute Gasteiger partial charge is 0.372 e. The summed E-state index contributed by atoms with van der Waals surface area (Å²) >= 11 is 3.27. The van der Waals surface area contributed by atoms with Gasteiger partial charge in [-0.25, -0.2) is 0 Å². The van der Waals surface area contributed by atoms with Crippen molar-refractivity contribution in [3.05, 3.63) is 46.2 Å². The third-order valence-corrected chi connectivity index (χ3v) is 7.98. The summed E-state index contributed by atoms with van der Waals surface area (Å²) in [6, 6.07) is 10.6. The number of benzene rings is 1. The maximum atomic E-state index is 13.0. The summed E-state index contributed by atoms with van der Waals surface area (Å²) < 4.78 is 1.98. The van der Waals surface area contributed by atoms with E-state index in [1.54, 1.807) is 11.3 Å². The molecule has 3 heterocycles. The van der Waals surface area contributed by atoms with Crippen LogP contribution in [0.1, 0.15) is 31.2 Å². The summed E-state index contributed by atoms with van der Waals surface area (Å²) in [4.78, 5) is 18.7. The van der Waals surface area contributed by atoms with Crippen LogP contribution in [0.5, 0.6) is 0 Å². The molecule has 8 heteroatoms. The molecule has 1 aliphatic heterocycles. The SMILES string of the molecule is CCN(CC)c1ccc(-c2nnc(SC(C)C(=O)N3CCc4sccc4C3)n2C)cc1. The second kappa shape index (κ2) is 9.44. The molecular weight excluding hydrogens is 426 g/mol. The third-order valence-electron chi connectivity index (χ3n) is 5.84. The smallest absolute Gasteiger partial charge is 0.236 e. The van der Waals surface area contributed by atoms with Crippen LogP contribution < -0.4 is 4.90 Å². The number of carbonyl (C=O) groups excluding carboxylic acids is 1. The van der Waals surface area contributed by atoms with Crippen LogP contribution in [0.2, 0.25) is 0 Å². The summed E-state index contributed by atoms with van der Waals surface area (Å²) in [6.07, 6.45) is 0.952. The van der Waals surface area contributed by atoms with Gasteiger partial charge in [-0.15, -0.1) is 21.5 Å². The first-order valence-electron chi connectivity index (χ1n) is 10.8. The minimum atomic E-state index is -0.207. The number of aromatic nitrogens is 3. The lowest BCUT2D eigenvalue weighted by Crippen LogP contribution is -2.39. The van der Waals surface area contributed by atoms with Gasteiger partial charge >= 0.3 is 0 Å². The summed E-state index contributed by atoms with van der Waals surface area (Å²) in [5.74, 6) is 0.976. The zero-order chi connectivity index (χ0) is 22.0. The van der Waals surface area contributed by atoms with E-state index in [4.69, 9.17) is 0 Å². The van der Waals surface area contributed by atoms with Gasteiger partial charge in [-0.2, -0.15) is 0 Å². The summed E-state index contributed by atoms with van der Waals surface area (Å²) in [7, 11) is 1.96. The van der Waals surface area contributed by atoms with Crippen molar-refractivity contribution in [2.75, 3.05) is 24.5 Å². The van der Waals surface area contributed by atoms with Crippen LogP contribution >= 0.6 is 23.1 Å². The zero-order valence-corrected chi connectivity index (χ0v) is 20.2. The molecule has 1 aliphatic rings. The maximum absolute atomic E-state index is 13.0. The van der Waals surface area contributed by atoms with E-state index >= 15 is 0 Å². The van der Waals surface area contributed by atoms with Crippen LogP contribution in [0.15, 0.2) is 40.9 Å². The van der Waals surface area contributed by atoms with Crippen molar-refractivity contribution in [1.29, 1.82) is 0 Å².